The number of nitrogens with one attached hydrogen (secondary N) is 1. The molecule has 0 amide bonds. The summed E-state index contributed by atoms with van der Waals surface area (Å²) in [5.41, 5.74) is 5.81. The number of rotatable bonds is 4. The average Bonchev–Trinajstić information content (AvgIpc) is 2.73. The maximum absolute atomic E-state index is 5.81. The van der Waals surface area contributed by atoms with Crippen LogP contribution in [-0.2, 0) is 0 Å². The molecule has 2 atom stereocenters. The number of aromatic nitrogens is 2. The van der Waals surface area contributed by atoms with E-state index in [9.17, 15) is 0 Å². The fourth-order valence-electron chi connectivity index (χ4n) is 2.45. The lowest BCUT2D eigenvalue weighted by Gasteiger charge is -2.30. The molecule has 1 aromatic heterocycles. The van der Waals surface area contributed by atoms with E-state index in [1.165, 1.54) is 25.7 Å². The van der Waals surface area contributed by atoms with Crippen molar-refractivity contribution in [2.24, 2.45) is 17.6 Å². The molecule has 0 aromatic carbocycles. The Hall–Kier alpha value is -0.680. The monoisotopic (exact) mass is 240 g/mol. The minimum Gasteiger partial charge on any atom is -0.360 e. The first-order chi connectivity index (χ1) is 7.79. The van der Waals surface area contributed by atoms with Gasteiger partial charge in [0.1, 0.15) is 5.01 Å². The molecule has 1 aromatic rings. The highest BCUT2D eigenvalue weighted by molar-refractivity contribution is 7.15. The van der Waals surface area contributed by atoms with E-state index in [0.717, 1.165) is 23.2 Å². The predicted octanol–water partition coefficient (Wildman–Crippen LogP) is 2.02. The summed E-state index contributed by atoms with van der Waals surface area (Å²) in [5, 5.41) is 13.4. The third-order valence-corrected chi connectivity index (χ3v) is 4.21. The van der Waals surface area contributed by atoms with E-state index in [4.69, 9.17) is 5.73 Å². The summed E-state index contributed by atoms with van der Waals surface area (Å²) in [7, 11) is 0. The van der Waals surface area contributed by atoms with Crippen LogP contribution in [0, 0.1) is 18.8 Å². The molecule has 1 fully saturated rings. The normalized spacial score (nSPS) is 25.6. The lowest BCUT2D eigenvalue weighted by atomic mass is 9.79. The second kappa shape index (κ2) is 5.59. The zero-order valence-electron chi connectivity index (χ0n) is 9.78. The largest absolute Gasteiger partial charge is 0.360 e. The van der Waals surface area contributed by atoms with Crippen LogP contribution in [0.4, 0.5) is 5.13 Å². The number of hydrogen-bond donors (Lipinski definition) is 2. The maximum Gasteiger partial charge on any atom is 0.205 e. The molecule has 0 saturated heterocycles. The van der Waals surface area contributed by atoms with E-state index in [-0.39, 0.29) is 0 Å². The van der Waals surface area contributed by atoms with Crippen LogP contribution < -0.4 is 11.1 Å². The van der Waals surface area contributed by atoms with Gasteiger partial charge in [-0.2, -0.15) is 0 Å². The summed E-state index contributed by atoms with van der Waals surface area (Å²) in [6.45, 7) is 3.80. The van der Waals surface area contributed by atoms with Gasteiger partial charge in [0, 0.05) is 6.54 Å². The van der Waals surface area contributed by atoms with Crippen molar-refractivity contribution in [2.75, 3.05) is 18.4 Å². The van der Waals surface area contributed by atoms with E-state index in [1.807, 2.05) is 6.92 Å². The van der Waals surface area contributed by atoms with Crippen LogP contribution >= 0.6 is 11.3 Å². The van der Waals surface area contributed by atoms with E-state index in [1.54, 1.807) is 11.3 Å². The summed E-state index contributed by atoms with van der Waals surface area (Å²) in [5.74, 6) is 1.40. The van der Waals surface area contributed by atoms with Gasteiger partial charge in [0.15, 0.2) is 0 Å². The number of aryl methyl sites for hydroxylation is 1. The van der Waals surface area contributed by atoms with Crippen molar-refractivity contribution in [3.05, 3.63) is 5.01 Å². The molecule has 0 bridgehead atoms. The molecule has 90 valence electrons. The Bertz CT molecular complexity index is 326. The first kappa shape index (κ1) is 11.8. The van der Waals surface area contributed by atoms with Crippen LogP contribution in [-0.4, -0.2) is 23.3 Å². The lowest BCUT2D eigenvalue weighted by molar-refractivity contribution is 0.255. The molecular weight excluding hydrogens is 220 g/mol. The van der Waals surface area contributed by atoms with Crippen molar-refractivity contribution in [2.45, 2.75) is 32.6 Å². The Morgan fingerprint density at radius 3 is 2.69 bits per heavy atom. The fourth-order valence-corrected chi connectivity index (χ4v) is 3.05. The highest BCUT2D eigenvalue weighted by atomic mass is 32.1. The maximum atomic E-state index is 5.81. The fraction of sp³-hybridized carbons (Fsp3) is 0.818. The molecule has 0 radical (unpaired) electrons. The van der Waals surface area contributed by atoms with Crippen molar-refractivity contribution in [3.8, 4) is 0 Å². The van der Waals surface area contributed by atoms with Crippen molar-refractivity contribution in [1.82, 2.24) is 10.2 Å². The van der Waals surface area contributed by atoms with Crippen molar-refractivity contribution >= 4 is 16.5 Å². The summed E-state index contributed by atoms with van der Waals surface area (Å²) in [6.07, 6.45) is 5.28. The zero-order valence-corrected chi connectivity index (χ0v) is 10.6. The number of hydrogen-bond acceptors (Lipinski definition) is 5. The van der Waals surface area contributed by atoms with Gasteiger partial charge in [-0.15, -0.1) is 10.2 Å². The summed E-state index contributed by atoms with van der Waals surface area (Å²) < 4.78 is 0. The highest BCUT2D eigenvalue weighted by Gasteiger charge is 2.23. The van der Waals surface area contributed by atoms with Gasteiger partial charge in [-0.25, -0.2) is 0 Å². The van der Waals surface area contributed by atoms with Gasteiger partial charge >= 0.3 is 0 Å². The Morgan fingerprint density at radius 1 is 1.31 bits per heavy atom. The second-order valence-corrected chi connectivity index (χ2v) is 5.73. The van der Waals surface area contributed by atoms with Crippen LogP contribution in [0.25, 0.3) is 0 Å². The first-order valence-electron chi connectivity index (χ1n) is 6.03. The summed E-state index contributed by atoms with van der Waals surface area (Å²) >= 11 is 1.62. The molecule has 16 heavy (non-hydrogen) atoms. The zero-order chi connectivity index (χ0) is 11.4. The lowest BCUT2D eigenvalue weighted by Crippen LogP contribution is -2.31. The molecule has 1 heterocycles. The molecule has 1 aliphatic carbocycles. The van der Waals surface area contributed by atoms with E-state index in [2.05, 4.69) is 15.5 Å². The summed E-state index contributed by atoms with van der Waals surface area (Å²) in [4.78, 5) is 0. The average molecular weight is 240 g/mol. The van der Waals surface area contributed by atoms with Gasteiger partial charge in [0.25, 0.3) is 0 Å². The van der Waals surface area contributed by atoms with Gasteiger partial charge in [-0.3, -0.25) is 0 Å². The third kappa shape index (κ3) is 2.92. The number of nitrogens with zero attached hydrogens (tertiary/aromatic N) is 2. The van der Waals surface area contributed by atoms with Gasteiger partial charge in [0.05, 0.1) is 0 Å². The Labute approximate surface area is 101 Å². The van der Waals surface area contributed by atoms with Crippen LogP contribution in [0.15, 0.2) is 0 Å². The van der Waals surface area contributed by atoms with Gasteiger partial charge in [-0.1, -0.05) is 24.2 Å². The highest BCUT2D eigenvalue weighted by Crippen LogP contribution is 2.29. The van der Waals surface area contributed by atoms with E-state index >= 15 is 0 Å². The minimum absolute atomic E-state index is 0.690. The van der Waals surface area contributed by atoms with Crippen LogP contribution in [0.5, 0.6) is 0 Å². The van der Waals surface area contributed by atoms with Crippen LogP contribution in [0.3, 0.4) is 0 Å². The minimum atomic E-state index is 0.690. The van der Waals surface area contributed by atoms with Crippen LogP contribution in [0.1, 0.15) is 30.7 Å². The smallest absolute Gasteiger partial charge is 0.205 e. The summed E-state index contributed by atoms with van der Waals surface area (Å²) in [6, 6.07) is 0. The molecule has 0 spiro atoms. The molecule has 2 unspecified atom stereocenters. The molecule has 0 aliphatic heterocycles. The van der Waals surface area contributed by atoms with Crippen LogP contribution in [0.2, 0.25) is 0 Å². The van der Waals surface area contributed by atoms with E-state index in [0.29, 0.717) is 11.8 Å². The topological polar surface area (TPSA) is 63.8 Å². The molecule has 1 saturated carbocycles. The van der Waals surface area contributed by atoms with Gasteiger partial charge in [-0.05, 0) is 38.1 Å². The quantitative estimate of drug-likeness (QED) is 0.845. The molecule has 2 rings (SSSR count). The molecule has 1 aliphatic rings. The van der Waals surface area contributed by atoms with Crippen molar-refractivity contribution < 1.29 is 0 Å². The van der Waals surface area contributed by atoms with Gasteiger partial charge in [0.2, 0.25) is 5.13 Å². The Morgan fingerprint density at radius 2 is 2.06 bits per heavy atom. The number of anilines is 1. The Balaban J connectivity index is 1.84. The van der Waals surface area contributed by atoms with Crippen molar-refractivity contribution in [1.29, 1.82) is 0 Å². The van der Waals surface area contributed by atoms with E-state index < -0.39 is 0 Å². The van der Waals surface area contributed by atoms with Gasteiger partial charge < -0.3 is 11.1 Å². The second-order valence-electron chi connectivity index (χ2n) is 4.55. The number of nitrogens with two attached hydrogens (primary N) is 1. The Kier molecular flexibility index (Phi) is 4.12. The molecule has 3 N–H and O–H groups in total. The SMILES string of the molecule is Cc1nnc(NCC2CCCCC2CN)s1. The molecule has 4 nitrogen and oxygen atoms in total. The first-order valence-corrected chi connectivity index (χ1v) is 6.85. The molecule has 5 heteroatoms. The standard InChI is InChI=1S/C11H20N4S/c1-8-14-15-11(16-8)13-7-10-5-3-2-4-9(10)6-12/h9-10H,2-7,12H2,1H3,(H,13,15). The predicted molar refractivity (Wildman–Crippen MR) is 67.6 cm³/mol. The molecular formula is C11H20N4S. The third-order valence-electron chi connectivity index (χ3n) is 3.41. The van der Waals surface area contributed by atoms with Crippen molar-refractivity contribution in [3.63, 3.8) is 0 Å².